The molecule has 0 atom stereocenters. The molecular formula is C26H19F3O2S. The van der Waals surface area contributed by atoms with Crippen LogP contribution in [0.15, 0.2) is 84.9 Å². The molecule has 0 heterocycles. The smallest absolute Gasteiger partial charge is 0.151 e. The molecule has 0 amide bonds. The summed E-state index contributed by atoms with van der Waals surface area (Å²) in [6, 6.07) is 21.0. The average molecular weight is 452 g/mol. The molecule has 4 rings (SSSR count). The molecule has 162 valence electrons. The average Bonchev–Trinajstić information content (AvgIpc) is 2.74. The largest absolute Gasteiger partial charge is 0.229 e. The molecule has 6 heteroatoms. The van der Waals surface area contributed by atoms with Crippen molar-refractivity contribution in [2.45, 2.75) is 5.75 Å². The van der Waals surface area contributed by atoms with Crippen LogP contribution in [0.5, 0.6) is 0 Å². The fourth-order valence-corrected chi connectivity index (χ4v) is 4.61. The summed E-state index contributed by atoms with van der Waals surface area (Å²) in [7, 11) is -3.44. The van der Waals surface area contributed by atoms with Crippen molar-refractivity contribution in [2.75, 3.05) is 6.26 Å². The molecule has 0 aliphatic carbocycles. The van der Waals surface area contributed by atoms with Gasteiger partial charge in [-0.05, 0) is 63.7 Å². The minimum atomic E-state index is -3.44. The molecular weight excluding hydrogens is 433 g/mol. The van der Waals surface area contributed by atoms with E-state index < -0.39 is 27.3 Å². The van der Waals surface area contributed by atoms with Gasteiger partial charge < -0.3 is 0 Å². The highest BCUT2D eigenvalue weighted by Gasteiger charge is 2.22. The Morgan fingerprint density at radius 2 is 1.19 bits per heavy atom. The van der Waals surface area contributed by atoms with Crippen molar-refractivity contribution < 1.29 is 21.6 Å². The third-order valence-corrected chi connectivity index (χ3v) is 5.98. The van der Waals surface area contributed by atoms with Gasteiger partial charge in [0, 0.05) is 11.8 Å². The summed E-state index contributed by atoms with van der Waals surface area (Å²) in [5.74, 6) is -1.65. The minimum Gasteiger partial charge on any atom is -0.229 e. The molecule has 0 aliphatic rings. The Bertz CT molecular complexity index is 1380. The van der Waals surface area contributed by atoms with Crippen LogP contribution in [0.4, 0.5) is 13.2 Å². The fourth-order valence-electron chi connectivity index (χ4n) is 3.81. The number of benzene rings is 4. The van der Waals surface area contributed by atoms with Crippen molar-refractivity contribution in [1.29, 1.82) is 0 Å². The molecule has 0 saturated heterocycles. The van der Waals surface area contributed by atoms with Gasteiger partial charge in [0.2, 0.25) is 0 Å². The number of halogens is 3. The first-order valence-corrected chi connectivity index (χ1v) is 11.9. The van der Waals surface area contributed by atoms with E-state index in [9.17, 15) is 21.6 Å². The van der Waals surface area contributed by atoms with Crippen LogP contribution in [0.3, 0.4) is 0 Å². The van der Waals surface area contributed by atoms with Gasteiger partial charge in [0.05, 0.1) is 5.75 Å². The van der Waals surface area contributed by atoms with Crippen LogP contribution in [0.2, 0.25) is 0 Å². The van der Waals surface area contributed by atoms with Gasteiger partial charge in [-0.1, -0.05) is 54.6 Å². The third kappa shape index (κ3) is 4.60. The summed E-state index contributed by atoms with van der Waals surface area (Å²) < 4.78 is 66.6. The molecule has 0 radical (unpaired) electrons. The van der Waals surface area contributed by atoms with Gasteiger partial charge in [0.1, 0.15) is 17.5 Å². The SMILES string of the molecule is CS(=O)(=O)Cc1ccc(-c2ccc(F)cc2)c(-c2ccc(F)cc2)c1-c1ccccc1F. The van der Waals surface area contributed by atoms with E-state index in [1.54, 1.807) is 54.6 Å². The molecule has 32 heavy (non-hydrogen) atoms. The van der Waals surface area contributed by atoms with Gasteiger partial charge in [-0.2, -0.15) is 0 Å². The molecule has 0 bridgehead atoms. The molecule has 2 nitrogen and oxygen atoms in total. The van der Waals surface area contributed by atoms with E-state index in [1.807, 2.05) is 0 Å². The number of hydrogen-bond acceptors (Lipinski definition) is 2. The van der Waals surface area contributed by atoms with Crippen molar-refractivity contribution in [1.82, 2.24) is 0 Å². The lowest BCUT2D eigenvalue weighted by Crippen LogP contribution is -2.05. The standard InChI is InChI=1S/C26H19F3O2S/c1-32(30,31)16-19-10-15-22(17-6-11-20(27)12-7-17)25(18-8-13-21(28)14-9-18)26(19)23-4-2-3-5-24(23)29/h2-15H,16H2,1H3. The molecule has 0 saturated carbocycles. The number of sulfone groups is 1. The van der Waals surface area contributed by atoms with Gasteiger partial charge in [-0.3, -0.25) is 0 Å². The number of rotatable bonds is 5. The Kier molecular flexibility index (Phi) is 5.89. The second-order valence-electron chi connectivity index (χ2n) is 7.59. The molecule has 4 aromatic rings. The van der Waals surface area contributed by atoms with E-state index in [4.69, 9.17) is 0 Å². The zero-order valence-electron chi connectivity index (χ0n) is 17.1. The summed E-state index contributed by atoms with van der Waals surface area (Å²) >= 11 is 0. The van der Waals surface area contributed by atoms with Crippen LogP contribution in [-0.4, -0.2) is 14.7 Å². The lowest BCUT2D eigenvalue weighted by molar-refractivity contribution is 0.601. The fraction of sp³-hybridized carbons (Fsp3) is 0.0769. The zero-order chi connectivity index (χ0) is 22.9. The van der Waals surface area contributed by atoms with Gasteiger partial charge in [0.15, 0.2) is 9.84 Å². The highest BCUT2D eigenvalue weighted by atomic mass is 32.2. The first-order valence-electron chi connectivity index (χ1n) is 9.83. The van der Waals surface area contributed by atoms with Crippen molar-refractivity contribution >= 4 is 9.84 Å². The maximum absolute atomic E-state index is 15.0. The predicted molar refractivity (Wildman–Crippen MR) is 121 cm³/mol. The van der Waals surface area contributed by atoms with Crippen LogP contribution < -0.4 is 0 Å². The highest BCUT2D eigenvalue weighted by molar-refractivity contribution is 7.89. The topological polar surface area (TPSA) is 34.1 Å². The third-order valence-electron chi connectivity index (χ3n) is 5.14. The molecule has 0 aliphatic heterocycles. The Hall–Kier alpha value is -3.38. The van der Waals surface area contributed by atoms with E-state index >= 15 is 0 Å². The maximum Gasteiger partial charge on any atom is 0.151 e. The Morgan fingerprint density at radius 3 is 1.75 bits per heavy atom. The lowest BCUT2D eigenvalue weighted by atomic mass is 9.85. The van der Waals surface area contributed by atoms with E-state index in [-0.39, 0.29) is 11.3 Å². The quantitative estimate of drug-likeness (QED) is 0.340. The summed E-state index contributed by atoms with van der Waals surface area (Å²) in [5, 5.41) is 0. The van der Waals surface area contributed by atoms with Gasteiger partial charge in [0.25, 0.3) is 0 Å². The van der Waals surface area contributed by atoms with Crippen molar-refractivity contribution in [3.05, 3.63) is 108 Å². The second-order valence-corrected chi connectivity index (χ2v) is 9.73. The normalized spacial score (nSPS) is 11.5. The summed E-state index contributed by atoms with van der Waals surface area (Å²) in [5.41, 5.74) is 3.49. The van der Waals surface area contributed by atoms with E-state index in [1.165, 1.54) is 30.3 Å². The van der Waals surface area contributed by atoms with Crippen LogP contribution in [0.25, 0.3) is 33.4 Å². The second kappa shape index (κ2) is 8.63. The van der Waals surface area contributed by atoms with Gasteiger partial charge >= 0.3 is 0 Å². The highest BCUT2D eigenvalue weighted by Crippen LogP contribution is 2.43. The van der Waals surface area contributed by atoms with Crippen molar-refractivity contribution in [2.24, 2.45) is 0 Å². The summed E-state index contributed by atoms with van der Waals surface area (Å²) in [4.78, 5) is 0. The van der Waals surface area contributed by atoms with E-state index in [2.05, 4.69) is 0 Å². The van der Waals surface area contributed by atoms with Crippen LogP contribution in [0.1, 0.15) is 5.56 Å². The molecule has 0 unspecified atom stereocenters. The number of hydrogen-bond donors (Lipinski definition) is 0. The van der Waals surface area contributed by atoms with Crippen molar-refractivity contribution in [3.63, 3.8) is 0 Å². The molecule has 0 N–H and O–H groups in total. The van der Waals surface area contributed by atoms with Crippen LogP contribution >= 0.6 is 0 Å². The van der Waals surface area contributed by atoms with E-state index in [0.717, 1.165) is 6.26 Å². The molecule has 0 spiro atoms. The first-order chi connectivity index (χ1) is 15.2. The van der Waals surface area contributed by atoms with Crippen LogP contribution in [-0.2, 0) is 15.6 Å². The summed E-state index contributed by atoms with van der Waals surface area (Å²) in [6.45, 7) is 0. The maximum atomic E-state index is 15.0. The van der Waals surface area contributed by atoms with Gasteiger partial charge in [-0.25, -0.2) is 21.6 Å². The zero-order valence-corrected chi connectivity index (χ0v) is 18.0. The molecule has 4 aromatic carbocycles. The van der Waals surface area contributed by atoms with E-state index in [0.29, 0.717) is 33.4 Å². The Balaban J connectivity index is 2.13. The summed E-state index contributed by atoms with van der Waals surface area (Å²) in [6.07, 6.45) is 1.11. The lowest BCUT2D eigenvalue weighted by Gasteiger charge is -2.20. The molecule has 0 fully saturated rings. The molecule has 0 aromatic heterocycles. The minimum absolute atomic E-state index is 0.231. The Labute approximate surface area is 184 Å². The van der Waals surface area contributed by atoms with Crippen molar-refractivity contribution in [3.8, 4) is 33.4 Å². The monoisotopic (exact) mass is 452 g/mol. The predicted octanol–water partition coefficient (Wildman–Crippen LogP) is 6.65. The first kappa shape index (κ1) is 21.8. The Morgan fingerprint density at radius 1 is 0.625 bits per heavy atom. The van der Waals surface area contributed by atoms with Crippen LogP contribution in [0, 0.1) is 17.5 Å². The van der Waals surface area contributed by atoms with Gasteiger partial charge in [-0.15, -0.1) is 0 Å².